The second-order valence-electron chi connectivity index (χ2n) is 6.29. The molecule has 30 heavy (non-hydrogen) atoms. The molecule has 1 unspecified atom stereocenters. The predicted octanol–water partition coefficient (Wildman–Crippen LogP) is 3.01. The third-order valence-corrected chi connectivity index (χ3v) is 4.20. The maximum Gasteiger partial charge on any atom is 0.573 e. The van der Waals surface area contributed by atoms with Crippen LogP contribution in [0.2, 0.25) is 0 Å². The molecule has 0 fully saturated rings. The van der Waals surface area contributed by atoms with Crippen LogP contribution in [0.15, 0.2) is 68.7 Å². The maximum absolute atomic E-state index is 14.6. The molecule has 0 radical (unpaired) electrons. The van der Waals surface area contributed by atoms with Crippen molar-refractivity contribution >= 4 is 22.7 Å². The molecule has 1 aliphatic heterocycles. The summed E-state index contributed by atoms with van der Waals surface area (Å²) in [5, 5.41) is 5.36. The number of nitrogens with one attached hydrogen (secondary N) is 3. The number of hydrogen-bond acceptors (Lipinski definition) is 7. The number of anilines is 1. The quantitative estimate of drug-likeness (QED) is 0.481. The molecule has 156 valence electrons. The zero-order valence-corrected chi connectivity index (χ0v) is 14.9. The number of aromatic nitrogens is 1. The Kier molecular flexibility index (Phi) is 4.50. The molecule has 4 rings (SSSR count). The summed E-state index contributed by atoms with van der Waals surface area (Å²) in [4.78, 5) is 17.9. The summed E-state index contributed by atoms with van der Waals surface area (Å²) < 4.78 is 60.0. The topological polar surface area (TPSA) is 118 Å². The third kappa shape index (κ3) is 3.85. The zero-order valence-electron chi connectivity index (χ0n) is 14.9. The Morgan fingerprint density at radius 3 is 2.60 bits per heavy atom. The Morgan fingerprint density at radius 2 is 1.90 bits per heavy atom. The number of benzene rings is 2. The number of nitrogens with zero attached hydrogens (tertiary/aromatic N) is 1. The highest BCUT2D eigenvalue weighted by Gasteiger charge is 2.36. The van der Waals surface area contributed by atoms with Gasteiger partial charge in [0.05, 0.1) is 5.52 Å². The van der Waals surface area contributed by atoms with Gasteiger partial charge in [0.2, 0.25) is 5.96 Å². The van der Waals surface area contributed by atoms with E-state index in [0.717, 1.165) is 18.3 Å². The smallest absolute Gasteiger partial charge is 0.408 e. The first kappa shape index (κ1) is 19.5. The van der Waals surface area contributed by atoms with Gasteiger partial charge in [0.1, 0.15) is 5.75 Å². The number of aromatic amines is 1. The number of alkyl halides is 3. The summed E-state index contributed by atoms with van der Waals surface area (Å²) in [6.07, 6.45) is -3.80. The minimum Gasteiger partial charge on any atom is -0.408 e. The first-order valence-corrected chi connectivity index (χ1v) is 8.40. The van der Waals surface area contributed by atoms with Crippen molar-refractivity contribution in [2.24, 2.45) is 10.7 Å². The monoisotopic (exact) mass is 423 g/mol. The van der Waals surface area contributed by atoms with Gasteiger partial charge >= 0.3 is 12.1 Å². The van der Waals surface area contributed by atoms with Crippen molar-refractivity contribution in [3.05, 3.63) is 70.6 Å². The van der Waals surface area contributed by atoms with Gasteiger partial charge in [-0.3, -0.25) is 10.7 Å². The van der Waals surface area contributed by atoms with E-state index >= 15 is 0 Å². The van der Waals surface area contributed by atoms with Gasteiger partial charge < -0.3 is 19.8 Å². The fraction of sp³-hybridized carbons (Fsp3) is 0.111. The van der Waals surface area contributed by atoms with Gasteiger partial charge in [-0.15, -0.1) is 13.2 Å². The van der Waals surface area contributed by atoms with Crippen LogP contribution in [0, 0.1) is 0 Å². The van der Waals surface area contributed by atoms with E-state index < -0.39 is 29.4 Å². The summed E-state index contributed by atoms with van der Waals surface area (Å²) in [6, 6.07) is 9.20. The van der Waals surface area contributed by atoms with Gasteiger partial charge in [0, 0.05) is 17.5 Å². The van der Waals surface area contributed by atoms with Crippen molar-refractivity contribution < 1.29 is 26.7 Å². The Hall–Kier alpha value is -3.80. The number of aliphatic imine (C=N–C) groups is 1. The van der Waals surface area contributed by atoms with Crippen molar-refractivity contribution in [2.75, 3.05) is 5.32 Å². The SMILES string of the molecule is NC1(c2ccc3oc(=O)[nH]c3c2)N=C(Nc2ccc(OC(F)(F)F)cc2)NC=C1F. The minimum absolute atomic E-state index is 0.0455. The Balaban J connectivity index is 1.60. The van der Waals surface area contributed by atoms with E-state index in [1.807, 2.05) is 0 Å². The first-order chi connectivity index (χ1) is 14.1. The summed E-state index contributed by atoms with van der Waals surface area (Å²) in [7, 11) is 0. The second kappa shape index (κ2) is 6.91. The molecule has 1 atom stereocenters. The van der Waals surface area contributed by atoms with Gasteiger partial charge in [-0.05, 0) is 36.4 Å². The van der Waals surface area contributed by atoms with E-state index in [1.165, 1.54) is 30.3 Å². The van der Waals surface area contributed by atoms with E-state index in [-0.39, 0.29) is 17.1 Å². The van der Waals surface area contributed by atoms with E-state index in [9.17, 15) is 22.4 Å². The van der Waals surface area contributed by atoms with Gasteiger partial charge in [-0.2, -0.15) is 0 Å². The lowest BCUT2D eigenvalue weighted by molar-refractivity contribution is -0.274. The molecule has 2 aromatic carbocycles. The molecule has 5 N–H and O–H groups in total. The van der Waals surface area contributed by atoms with Gasteiger partial charge in [-0.25, -0.2) is 14.2 Å². The number of ether oxygens (including phenoxy) is 1. The average molecular weight is 423 g/mol. The van der Waals surface area contributed by atoms with E-state index in [2.05, 4.69) is 25.3 Å². The predicted molar refractivity (Wildman–Crippen MR) is 99.2 cm³/mol. The van der Waals surface area contributed by atoms with Crippen molar-refractivity contribution in [3.63, 3.8) is 0 Å². The zero-order chi connectivity index (χ0) is 21.5. The van der Waals surface area contributed by atoms with E-state index in [1.54, 1.807) is 0 Å². The van der Waals surface area contributed by atoms with Crippen LogP contribution in [-0.2, 0) is 5.66 Å². The molecule has 0 amide bonds. The maximum atomic E-state index is 14.6. The normalized spacial score (nSPS) is 19.1. The highest BCUT2D eigenvalue weighted by molar-refractivity contribution is 5.95. The molecule has 3 aromatic rings. The third-order valence-electron chi connectivity index (χ3n) is 4.20. The van der Waals surface area contributed by atoms with Gasteiger partial charge in [0.25, 0.3) is 0 Å². The van der Waals surface area contributed by atoms with Crippen LogP contribution >= 0.6 is 0 Å². The fourth-order valence-corrected chi connectivity index (χ4v) is 2.84. The number of guanidine groups is 1. The van der Waals surface area contributed by atoms with Crippen LogP contribution in [0.5, 0.6) is 5.75 Å². The summed E-state index contributed by atoms with van der Waals surface area (Å²) in [5.41, 5.74) is 5.45. The fourth-order valence-electron chi connectivity index (χ4n) is 2.84. The molecule has 0 bridgehead atoms. The Bertz CT molecular complexity index is 1210. The number of hydrogen-bond donors (Lipinski definition) is 4. The minimum atomic E-state index is -4.80. The number of nitrogens with two attached hydrogens (primary N) is 1. The lowest BCUT2D eigenvalue weighted by Gasteiger charge is -2.29. The largest absolute Gasteiger partial charge is 0.573 e. The molecule has 0 saturated heterocycles. The van der Waals surface area contributed by atoms with Crippen molar-refractivity contribution in [3.8, 4) is 5.75 Å². The number of oxazole rings is 1. The molecule has 0 saturated carbocycles. The summed E-state index contributed by atoms with van der Waals surface area (Å²) in [6.45, 7) is 0. The van der Waals surface area contributed by atoms with Gasteiger partial charge in [0.15, 0.2) is 17.1 Å². The molecular formula is C18H13F4N5O3. The molecule has 1 aromatic heterocycles. The highest BCUT2D eigenvalue weighted by atomic mass is 19.4. The Labute approximate surface area is 165 Å². The molecule has 12 heteroatoms. The second-order valence-corrected chi connectivity index (χ2v) is 6.29. The van der Waals surface area contributed by atoms with Crippen LogP contribution in [0.1, 0.15) is 5.56 Å². The summed E-state index contributed by atoms with van der Waals surface area (Å²) in [5.74, 6) is -1.82. The molecule has 8 nitrogen and oxygen atoms in total. The van der Waals surface area contributed by atoms with E-state index in [4.69, 9.17) is 10.2 Å². The number of H-pyrrole nitrogens is 1. The number of fused-ring (bicyclic) bond motifs is 1. The summed E-state index contributed by atoms with van der Waals surface area (Å²) >= 11 is 0. The van der Waals surface area contributed by atoms with Crippen LogP contribution in [0.25, 0.3) is 11.1 Å². The van der Waals surface area contributed by atoms with Crippen LogP contribution in [0.3, 0.4) is 0 Å². The highest BCUT2D eigenvalue weighted by Crippen LogP contribution is 2.32. The standard InChI is InChI=1S/C18H13F4N5O3/c19-14-8-24-15(25-10-2-4-11(5-3-10)30-18(20,21)22)27-17(14,23)9-1-6-13-12(7-9)26-16(28)29-13/h1-8H,23H2,(H,26,28)(H2,24,25,27). The van der Waals surface area contributed by atoms with Crippen LogP contribution in [-0.4, -0.2) is 17.3 Å². The lowest BCUT2D eigenvalue weighted by atomic mass is 9.98. The molecule has 0 spiro atoms. The van der Waals surface area contributed by atoms with E-state index in [0.29, 0.717) is 11.2 Å². The number of rotatable bonds is 3. The van der Waals surface area contributed by atoms with Crippen molar-refractivity contribution in [2.45, 2.75) is 12.0 Å². The number of halogens is 4. The molecule has 2 heterocycles. The van der Waals surface area contributed by atoms with Crippen LogP contribution in [0.4, 0.5) is 23.2 Å². The van der Waals surface area contributed by atoms with Crippen LogP contribution < -0.4 is 26.9 Å². The first-order valence-electron chi connectivity index (χ1n) is 8.40. The lowest BCUT2D eigenvalue weighted by Crippen LogP contribution is -2.44. The van der Waals surface area contributed by atoms with Gasteiger partial charge in [-0.1, -0.05) is 6.07 Å². The molecule has 0 aliphatic carbocycles. The molecule has 1 aliphatic rings. The van der Waals surface area contributed by atoms with Crippen molar-refractivity contribution in [1.29, 1.82) is 0 Å². The Morgan fingerprint density at radius 1 is 1.17 bits per heavy atom. The average Bonchev–Trinajstić information content (AvgIpc) is 3.04. The molecular weight excluding hydrogens is 410 g/mol. The van der Waals surface area contributed by atoms with Crippen molar-refractivity contribution in [1.82, 2.24) is 10.3 Å².